The summed E-state index contributed by atoms with van der Waals surface area (Å²) in [5.41, 5.74) is 1.65. The summed E-state index contributed by atoms with van der Waals surface area (Å²) >= 11 is 0. The number of hydrogen-bond donors (Lipinski definition) is 2. The van der Waals surface area contributed by atoms with Crippen molar-refractivity contribution >= 4 is 29.2 Å². The Morgan fingerprint density at radius 1 is 0.767 bits per heavy atom. The topological polar surface area (TPSA) is 84.5 Å². The minimum Gasteiger partial charge on any atom is -0.452 e. The number of para-hydroxylation sites is 1. The van der Waals surface area contributed by atoms with E-state index in [-0.39, 0.29) is 17.9 Å². The fraction of sp³-hybridized carbons (Fsp3) is 0.0870. The second-order valence-corrected chi connectivity index (χ2v) is 6.39. The lowest BCUT2D eigenvalue weighted by molar-refractivity contribution is -0.119. The highest BCUT2D eigenvalue weighted by Gasteiger charge is 2.16. The number of rotatable bonds is 7. The molecule has 6 nitrogen and oxygen atoms in total. The lowest BCUT2D eigenvalue weighted by atomic mass is 10.1. The van der Waals surface area contributed by atoms with Gasteiger partial charge in [0.05, 0.1) is 17.7 Å². The predicted molar refractivity (Wildman–Crippen MR) is 111 cm³/mol. The highest BCUT2D eigenvalue weighted by atomic mass is 19.1. The molecule has 2 N–H and O–H groups in total. The van der Waals surface area contributed by atoms with Gasteiger partial charge in [0.25, 0.3) is 5.91 Å². The summed E-state index contributed by atoms with van der Waals surface area (Å²) in [6.45, 7) is -0.525. The summed E-state index contributed by atoms with van der Waals surface area (Å²) in [7, 11) is 0. The maximum absolute atomic E-state index is 12.9. The van der Waals surface area contributed by atoms with Crippen molar-refractivity contribution in [3.63, 3.8) is 0 Å². The van der Waals surface area contributed by atoms with Gasteiger partial charge in [-0.3, -0.25) is 9.59 Å². The number of carbonyl (C=O) groups excluding carboxylic acids is 3. The largest absolute Gasteiger partial charge is 0.452 e. The van der Waals surface area contributed by atoms with Crippen LogP contribution < -0.4 is 10.6 Å². The molecule has 0 atom stereocenters. The average Bonchev–Trinajstić information content (AvgIpc) is 2.75. The molecule has 0 aliphatic rings. The second kappa shape index (κ2) is 9.97. The normalized spacial score (nSPS) is 10.2. The zero-order chi connectivity index (χ0) is 21.3. The number of halogens is 1. The fourth-order valence-corrected chi connectivity index (χ4v) is 2.68. The van der Waals surface area contributed by atoms with Crippen LogP contribution in [0.4, 0.5) is 15.8 Å². The van der Waals surface area contributed by atoms with Gasteiger partial charge in [-0.2, -0.15) is 0 Å². The average molecular weight is 406 g/mol. The standard InChI is InChI=1S/C23H19FN2O4/c24-17-10-12-18(13-11-17)25-22(28)15-30-23(29)19-8-4-5-9-20(19)26-21(27)14-16-6-2-1-3-7-16/h1-13H,14-15H2,(H,25,28)(H,26,27). The minimum atomic E-state index is -0.750. The van der Waals surface area contributed by atoms with Gasteiger partial charge in [0, 0.05) is 5.69 Å². The Morgan fingerprint density at radius 3 is 2.17 bits per heavy atom. The van der Waals surface area contributed by atoms with Crippen molar-refractivity contribution in [1.29, 1.82) is 0 Å². The number of amides is 2. The third kappa shape index (κ3) is 6.00. The molecule has 0 fully saturated rings. The predicted octanol–water partition coefficient (Wildman–Crippen LogP) is 3.80. The van der Waals surface area contributed by atoms with E-state index in [0.29, 0.717) is 11.4 Å². The van der Waals surface area contributed by atoms with E-state index >= 15 is 0 Å². The van der Waals surface area contributed by atoms with Crippen LogP contribution in [-0.2, 0) is 20.7 Å². The molecular weight excluding hydrogens is 387 g/mol. The fourth-order valence-electron chi connectivity index (χ4n) is 2.68. The Balaban J connectivity index is 1.57. The van der Waals surface area contributed by atoms with E-state index in [9.17, 15) is 18.8 Å². The number of hydrogen-bond acceptors (Lipinski definition) is 4. The number of ether oxygens (including phenoxy) is 1. The van der Waals surface area contributed by atoms with E-state index in [4.69, 9.17) is 4.74 Å². The van der Waals surface area contributed by atoms with Crippen molar-refractivity contribution in [2.45, 2.75) is 6.42 Å². The molecule has 0 saturated heterocycles. The van der Waals surface area contributed by atoms with E-state index in [1.807, 2.05) is 30.3 Å². The molecule has 3 aromatic carbocycles. The summed E-state index contributed by atoms with van der Waals surface area (Å²) in [6, 6.07) is 20.8. The van der Waals surface area contributed by atoms with Crippen LogP contribution in [-0.4, -0.2) is 24.4 Å². The van der Waals surface area contributed by atoms with Gasteiger partial charge in [0.1, 0.15) is 5.82 Å². The second-order valence-electron chi connectivity index (χ2n) is 6.39. The summed E-state index contributed by atoms with van der Waals surface area (Å²) in [5, 5.41) is 5.19. The Labute approximate surface area is 172 Å². The third-order valence-electron chi connectivity index (χ3n) is 4.09. The van der Waals surface area contributed by atoms with Gasteiger partial charge in [-0.05, 0) is 42.0 Å². The summed E-state index contributed by atoms with van der Waals surface area (Å²) in [5.74, 6) is -2.03. The number of benzene rings is 3. The van der Waals surface area contributed by atoms with Gasteiger partial charge in [0.2, 0.25) is 5.91 Å². The molecule has 30 heavy (non-hydrogen) atoms. The van der Waals surface area contributed by atoms with Crippen molar-refractivity contribution in [1.82, 2.24) is 0 Å². The third-order valence-corrected chi connectivity index (χ3v) is 4.09. The highest BCUT2D eigenvalue weighted by molar-refractivity contribution is 6.02. The van der Waals surface area contributed by atoms with Crippen molar-refractivity contribution in [2.75, 3.05) is 17.2 Å². The molecule has 7 heteroatoms. The van der Waals surface area contributed by atoms with E-state index in [0.717, 1.165) is 5.56 Å². The summed E-state index contributed by atoms with van der Waals surface area (Å²) in [6.07, 6.45) is 0.157. The van der Waals surface area contributed by atoms with Crippen molar-refractivity contribution < 1.29 is 23.5 Å². The molecule has 0 bridgehead atoms. The van der Waals surface area contributed by atoms with Gasteiger partial charge in [-0.15, -0.1) is 0 Å². The van der Waals surface area contributed by atoms with E-state index < -0.39 is 24.3 Å². The molecule has 0 saturated carbocycles. The quantitative estimate of drug-likeness (QED) is 0.585. The molecule has 0 spiro atoms. The Morgan fingerprint density at radius 2 is 1.43 bits per heavy atom. The van der Waals surface area contributed by atoms with Crippen LogP contribution in [0.3, 0.4) is 0 Å². The van der Waals surface area contributed by atoms with Crippen LogP contribution in [0.25, 0.3) is 0 Å². The first-order valence-corrected chi connectivity index (χ1v) is 9.16. The molecular formula is C23H19FN2O4. The van der Waals surface area contributed by atoms with Crippen molar-refractivity contribution in [3.05, 3.63) is 95.8 Å². The van der Waals surface area contributed by atoms with Crippen LogP contribution in [0.15, 0.2) is 78.9 Å². The maximum atomic E-state index is 12.9. The van der Waals surface area contributed by atoms with Crippen molar-refractivity contribution in [2.24, 2.45) is 0 Å². The van der Waals surface area contributed by atoms with Crippen molar-refractivity contribution in [3.8, 4) is 0 Å². The molecule has 2 amide bonds. The zero-order valence-corrected chi connectivity index (χ0v) is 15.9. The molecule has 152 valence electrons. The molecule has 0 aromatic heterocycles. The summed E-state index contributed by atoms with van der Waals surface area (Å²) < 4.78 is 18.0. The molecule has 0 aliphatic heterocycles. The molecule has 0 unspecified atom stereocenters. The smallest absolute Gasteiger partial charge is 0.340 e. The van der Waals surface area contributed by atoms with Gasteiger partial charge >= 0.3 is 5.97 Å². The Hall–Kier alpha value is -4.00. The Kier molecular flexibility index (Phi) is 6.89. The van der Waals surface area contributed by atoms with Crippen LogP contribution in [0.2, 0.25) is 0 Å². The number of anilines is 2. The SMILES string of the molecule is O=C(COC(=O)c1ccccc1NC(=O)Cc1ccccc1)Nc1ccc(F)cc1. The zero-order valence-electron chi connectivity index (χ0n) is 15.9. The van der Waals surface area contributed by atoms with Crippen LogP contribution >= 0.6 is 0 Å². The number of esters is 1. The Bertz CT molecular complexity index is 1040. The molecule has 3 aromatic rings. The maximum Gasteiger partial charge on any atom is 0.340 e. The highest BCUT2D eigenvalue weighted by Crippen LogP contribution is 2.17. The molecule has 0 radical (unpaired) electrons. The van der Waals surface area contributed by atoms with Gasteiger partial charge in [0.15, 0.2) is 6.61 Å². The van der Waals surface area contributed by atoms with Crippen LogP contribution in [0.1, 0.15) is 15.9 Å². The van der Waals surface area contributed by atoms with Crippen LogP contribution in [0, 0.1) is 5.82 Å². The minimum absolute atomic E-state index is 0.133. The van der Waals surface area contributed by atoms with Gasteiger partial charge < -0.3 is 15.4 Å². The molecule has 0 aliphatic carbocycles. The lowest BCUT2D eigenvalue weighted by Crippen LogP contribution is -2.22. The van der Waals surface area contributed by atoms with Gasteiger partial charge in [-0.25, -0.2) is 9.18 Å². The summed E-state index contributed by atoms with van der Waals surface area (Å²) in [4.78, 5) is 36.6. The first-order valence-electron chi connectivity index (χ1n) is 9.16. The van der Waals surface area contributed by atoms with Crippen LogP contribution in [0.5, 0.6) is 0 Å². The van der Waals surface area contributed by atoms with E-state index in [1.54, 1.807) is 18.2 Å². The molecule has 0 heterocycles. The lowest BCUT2D eigenvalue weighted by Gasteiger charge is -2.11. The van der Waals surface area contributed by atoms with E-state index in [1.165, 1.54) is 30.3 Å². The number of carbonyl (C=O) groups is 3. The van der Waals surface area contributed by atoms with E-state index in [2.05, 4.69) is 10.6 Å². The first kappa shape index (κ1) is 20.7. The molecule has 3 rings (SSSR count). The van der Waals surface area contributed by atoms with Gasteiger partial charge in [-0.1, -0.05) is 42.5 Å². The number of nitrogens with one attached hydrogen (secondary N) is 2. The monoisotopic (exact) mass is 406 g/mol. The first-order chi connectivity index (χ1) is 14.5.